The predicted octanol–water partition coefficient (Wildman–Crippen LogP) is 2.43. The van der Waals surface area contributed by atoms with E-state index in [-0.39, 0.29) is 23.2 Å². The molecule has 1 unspecified atom stereocenters. The summed E-state index contributed by atoms with van der Waals surface area (Å²) in [6, 6.07) is 0. The number of thiol groups is 1. The van der Waals surface area contributed by atoms with Crippen LogP contribution in [0.1, 0.15) is 39.5 Å². The molecule has 0 aromatic carbocycles. The average molecular weight is 202 g/mol. The number of hydrogen-bond donors (Lipinski definition) is 1. The summed E-state index contributed by atoms with van der Waals surface area (Å²) >= 11 is 4.22. The van der Waals surface area contributed by atoms with Crippen LogP contribution in [0.2, 0.25) is 0 Å². The first-order valence-corrected chi connectivity index (χ1v) is 5.51. The molecule has 13 heavy (non-hydrogen) atoms. The topological polar surface area (TPSA) is 26.3 Å². The van der Waals surface area contributed by atoms with Crippen LogP contribution in [-0.4, -0.2) is 17.3 Å². The molecule has 1 rings (SSSR count). The summed E-state index contributed by atoms with van der Waals surface area (Å²) < 4.78 is 5.32. The summed E-state index contributed by atoms with van der Waals surface area (Å²) in [4.78, 5) is 11.4. The van der Waals surface area contributed by atoms with Crippen molar-refractivity contribution in [2.45, 2.75) is 50.9 Å². The summed E-state index contributed by atoms with van der Waals surface area (Å²) in [6.45, 7) is 3.96. The van der Waals surface area contributed by atoms with Gasteiger partial charge in [-0.2, -0.15) is 12.6 Å². The van der Waals surface area contributed by atoms with Gasteiger partial charge in [0.05, 0.1) is 0 Å². The molecule has 76 valence electrons. The smallest absolute Gasteiger partial charge is 0.319 e. The van der Waals surface area contributed by atoms with E-state index in [1.807, 2.05) is 13.8 Å². The lowest BCUT2D eigenvalue weighted by Gasteiger charge is -2.17. The van der Waals surface area contributed by atoms with Gasteiger partial charge >= 0.3 is 5.97 Å². The highest BCUT2D eigenvalue weighted by Crippen LogP contribution is 2.22. The van der Waals surface area contributed by atoms with Gasteiger partial charge in [-0.15, -0.1) is 0 Å². The molecule has 0 bridgehead atoms. The number of esters is 1. The van der Waals surface area contributed by atoms with E-state index in [4.69, 9.17) is 4.74 Å². The van der Waals surface area contributed by atoms with E-state index in [2.05, 4.69) is 12.6 Å². The molecular formula is C10H18O2S. The first kappa shape index (κ1) is 10.9. The maximum absolute atomic E-state index is 11.4. The second-order valence-corrected chi connectivity index (χ2v) is 4.59. The van der Waals surface area contributed by atoms with E-state index in [1.54, 1.807) is 0 Å². The third-order valence-corrected chi connectivity index (χ3v) is 3.27. The van der Waals surface area contributed by atoms with Gasteiger partial charge in [0.2, 0.25) is 0 Å². The molecule has 0 radical (unpaired) electrons. The maximum Gasteiger partial charge on any atom is 0.319 e. The van der Waals surface area contributed by atoms with E-state index in [9.17, 15) is 4.79 Å². The number of rotatable bonds is 3. The van der Waals surface area contributed by atoms with Crippen LogP contribution in [0.5, 0.6) is 0 Å². The Balaban J connectivity index is 2.31. The molecule has 3 heteroatoms. The Kier molecular flexibility index (Phi) is 4.10. The summed E-state index contributed by atoms with van der Waals surface area (Å²) in [5.74, 6) is 0.0995. The van der Waals surface area contributed by atoms with Crippen molar-refractivity contribution in [3.8, 4) is 0 Å². The molecule has 0 amide bonds. The van der Waals surface area contributed by atoms with Gasteiger partial charge in [-0.1, -0.05) is 13.8 Å². The lowest BCUT2D eigenvalue weighted by Crippen LogP contribution is -2.26. The quantitative estimate of drug-likeness (QED) is 0.562. The highest BCUT2D eigenvalue weighted by molar-refractivity contribution is 7.81. The normalized spacial score (nSPS) is 20.6. The molecule has 0 N–H and O–H groups in total. The molecule has 0 aliphatic heterocycles. The van der Waals surface area contributed by atoms with Gasteiger partial charge in [-0.3, -0.25) is 4.79 Å². The Hall–Kier alpha value is -0.180. The number of carbonyl (C=O) groups is 1. The summed E-state index contributed by atoms with van der Waals surface area (Å²) in [7, 11) is 0. The fraction of sp³-hybridized carbons (Fsp3) is 0.900. The van der Waals surface area contributed by atoms with Gasteiger partial charge in [0.25, 0.3) is 0 Å². The molecule has 0 aromatic rings. The largest absolute Gasteiger partial charge is 0.462 e. The number of ether oxygens (including phenoxy) is 1. The molecule has 1 fully saturated rings. The Morgan fingerprint density at radius 2 is 1.92 bits per heavy atom. The van der Waals surface area contributed by atoms with Gasteiger partial charge in [0, 0.05) is 0 Å². The zero-order valence-corrected chi connectivity index (χ0v) is 9.22. The molecule has 1 aliphatic carbocycles. The van der Waals surface area contributed by atoms with Crippen molar-refractivity contribution in [2.24, 2.45) is 5.92 Å². The SMILES string of the molecule is CC(C)C(S)C(=O)OC1CCCC1. The highest BCUT2D eigenvalue weighted by atomic mass is 32.1. The highest BCUT2D eigenvalue weighted by Gasteiger charge is 2.24. The van der Waals surface area contributed by atoms with E-state index >= 15 is 0 Å². The maximum atomic E-state index is 11.4. The molecule has 1 aliphatic rings. The second-order valence-electron chi connectivity index (χ2n) is 4.03. The molecule has 1 saturated carbocycles. The molecule has 0 spiro atoms. The third kappa shape index (κ3) is 3.22. The average Bonchev–Trinajstić information content (AvgIpc) is 2.55. The molecule has 2 nitrogen and oxygen atoms in total. The van der Waals surface area contributed by atoms with Crippen molar-refractivity contribution in [2.75, 3.05) is 0 Å². The van der Waals surface area contributed by atoms with Crippen molar-refractivity contribution in [1.29, 1.82) is 0 Å². The van der Waals surface area contributed by atoms with Crippen molar-refractivity contribution < 1.29 is 9.53 Å². The van der Waals surface area contributed by atoms with Gasteiger partial charge in [0.1, 0.15) is 11.4 Å². The minimum atomic E-state index is -0.263. The van der Waals surface area contributed by atoms with Crippen molar-refractivity contribution in [3.05, 3.63) is 0 Å². The van der Waals surface area contributed by atoms with Gasteiger partial charge < -0.3 is 4.74 Å². The first-order valence-electron chi connectivity index (χ1n) is 5.00. The fourth-order valence-electron chi connectivity index (χ4n) is 1.51. The summed E-state index contributed by atoms with van der Waals surface area (Å²) in [5, 5.41) is -0.263. The van der Waals surface area contributed by atoms with E-state index in [0.717, 1.165) is 12.8 Å². The van der Waals surface area contributed by atoms with Crippen LogP contribution in [0.15, 0.2) is 0 Å². The van der Waals surface area contributed by atoms with Gasteiger partial charge in [0.15, 0.2) is 0 Å². The Labute approximate surface area is 85.4 Å². The van der Waals surface area contributed by atoms with Crippen LogP contribution in [0.25, 0.3) is 0 Å². The Morgan fingerprint density at radius 1 is 1.38 bits per heavy atom. The standard InChI is InChI=1S/C10H18O2S/c1-7(2)9(13)10(11)12-8-5-3-4-6-8/h7-9,13H,3-6H2,1-2H3. The number of hydrogen-bond acceptors (Lipinski definition) is 3. The lowest BCUT2D eigenvalue weighted by atomic mass is 10.1. The molecule has 0 heterocycles. The van der Waals surface area contributed by atoms with Crippen LogP contribution in [0.4, 0.5) is 0 Å². The zero-order valence-electron chi connectivity index (χ0n) is 8.32. The summed E-state index contributed by atoms with van der Waals surface area (Å²) in [5.41, 5.74) is 0. The van der Waals surface area contributed by atoms with Crippen LogP contribution in [-0.2, 0) is 9.53 Å². The van der Waals surface area contributed by atoms with Gasteiger partial charge in [-0.25, -0.2) is 0 Å². The van der Waals surface area contributed by atoms with Crippen LogP contribution in [0, 0.1) is 5.92 Å². The van der Waals surface area contributed by atoms with Crippen molar-refractivity contribution in [3.63, 3.8) is 0 Å². The van der Waals surface area contributed by atoms with E-state index < -0.39 is 0 Å². The number of carbonyl (C=O) groups excluding carboxylic acids is 1. The molecule has 1 atom stereocenters. The zero-order chi connectivity index (χ0) is 9.84. The summed E-state index contributed by atoms with van der Waals surface area (Å²) in [6.07, 6.45) is 4.61. The minimum absolute atomic E-state index is 0.148. The monoisotopic (exact) mass is 202 g/mol. The van der Waals surface area contributed by atoms with Crippen molar-refractivity contribution >= 4 is 18.6 Å². The lowest BCUT2D eigenvalue weighted by molar-refractivity contribution is -0.148. The Bertz CT molecular complexity index is 174. The predicted molar refractivity (Wildman–Crippen MR) is 56.0 cm³/mol. The second kappa shape index (κ2) is 4.89. The minimum Gasteiger partial charge on any atom is -0.462 e. The molecular weight excluding hydrogens is 184 g/mol. The van der Waals surface area contributed by atoms with Crippen molar-refractivity contribution in [1.82, 2.24) is 0 Å². The van der Waals surface area contributed by atoms with E-state index in [1.165, 1.54) is 12.8 Å². The third-order valence-electron chi connectivity index (χ3n) is 2.46. The first-order chi connectivity index (χ1) is 6.11. The van der Waals surface area contributed by atoms with E-state index in [0.29, 0.717) is 0 Å². The van der Waals surface area contributed by atoms with Crippen LogP contribution in [0.3, 0.4) is 0 Å². The van der Waals surface area contributed by atoms with Crippen LogP contribution >= 0.6 is 12.6 Å². The molecule has 0 saturated heterocycles. The van der Waals surface area contributed by atoms with Crippen LogP contribution < -0.4 is 0 Å². The van der Waals surface area contributed by atoms with Gasteiger partial charge in [-0.05, 0) is 31.6 Å². The molecule has 0 aromatic heterocycles. The Morgan fingerprint density at radius 3 is 2.38 bits per heavy atom. The fourth-order valence-corrected chi connectivity index (χ4v) is 1.57.